The molecule has 0 amide bonds. The maximum atomic E-state index is 6.41. The van der Waals surface area contributed by atoms with Crippen molar-refractivity contribution in [2.75, 3.05) is 0 Å². The van der Waals surface area contributed by atoms with Crippen LogP contribution in [0.5, 0.6) is 0 Å². The SMILES string of the molecule is Clc1cc(Cl)c(-c2cnc(-c3c(Cl)cc(Cl)cc3Cl)c(Cl)c2)c(Cl)c1. The lowest BCUT2D eigenvalue weighted by atomic mass is 10.1. The van der Waals surface area contributed by atoms with Gasteiger partial charge in [0.1, 0.15) is 0 Å². The van der Waals surface area contributed by atoms with Crippen LogP contribution >= 0.6 is 81.2 Å². The quantitative estimate of drug-likeness (QED) is 0.363. The summed E-state index contributed by atoms with van der Waals surface area (Å²) in [7, 11) is 0. The van der Waals surface area contributed by atoms with Gasteiger partial charge in [-0.05, 0) is 30.3 Å². The summed E-state index contributed by atoms with van der Waals surface area (Å²) in [6.07, 6.45) is 1.59. The summed E-state index contributed by atoms with van der Waals surface area (Å²) in [6, 6.07) is 8.02. The summed E-state index contributed by atoms with van der Waals surface area (Å²) in [6.45, 7) is 0. The number of rotatable bonds is 2. The van der Waals surface area contributed by atoms with Crippen LogP contribution in [-0.2, 0) is 0 Å². The van der Waals surface area contributed by atoms with Crippen molar-refractivity contribution in [3.05, 3.63) is 71.7 Å². The van der Waals surface area contributed by atoms with Crippen molar-refractivity contribution in [2.24, 2.45) is 0 Å². The topological polar surface area (TPSA) is 12.9 Å². The van der Waals surface area contributed by atoms with Crippen molar-refractivity contribution in [3.63, 3.8) is 0 Å². The lowest BCUT2D eigenvalue weighted by Gasteiger charge is -2.12. The van der Waals surface area contributed by atoms with Crippen molar-refractivity contribution < 1.29 is 0 Å². The van der Waals surface area contributed by atoms with E-state index in [0.717, 1.165) is 0 Å². The number of aromatic nitrogens is 1. The van der Waals surface area contributed by atoms with Gasteiger partial charge in [0.25, 0.3) is 0 Å². The van der Waals surface area contributed by atoms with Gasteiger partial charge in [-0.25, -0.2) is 0 Å². The molecule has 1 heterocycles. The van der Waals surface area contributed by atoms with E-state index < -0.39 is 0 Å². The molecule has 0 saturated heterocycles. The van der Waals surface area contributed by atoms with E-state index in [2.05, 4.69) is 4.98 Å². The molecule has 128 valence electrons. The molecule has 0 aliphatic carbocycles. The fourth-order valence-corrected chi connectivity index (χ4v) is 4.64. The molecule has 8 heteroatoms. The Balaban J connectivity index is 2.15. The smallest absolute Gasteiger partial charge is 0.0918 e. The van der Waals surface area contributed by atoms with Gasteiger partial charge in [0, 0.05) is 32.9 Å². The Morgan fingerprint density at radius 1 is 0.520 bits per heavy atom. The summed E-state index contributed by atoms with van der Waals surface area (Å²) in [5.74, 6) is 0. The second-order valence-electron chi connectivity index (χ2n) is 5.04. The first-order valence-corrected chi connectivity index (χ1v) is 9.38. The standard InChI is InChI=1S/C17H6Cl7N/c18-8-2-10(20)15(11(21)3-8)7-1-14(24)17(25-6-7)16-12(22)4-9(19)5-13(16)23/h1-6H. The molecule has 0 bridgehead atoms. The van der Waals surface area contributed by atoms with E-state index in [1.54, 1.807) is 36.5 Å². The zero-order chi connectivity index (χ0) is 18.3. The van der Waals surface area contributed by atoms with Crippen LogP contribution in [0, 0.1) is 0 Å². The predicted octanol–water partition coefficient (Wildman–Crippen LogP) is 8.99. The number of hydrogen-bond donors (Lipinski definition) is 0. The van der Waals surface area contributed by atoms with Gasteiger partial charge in [-0.2, -0.15) is 0 Å². The summed E-state index contributed by atoms with van der Waals surface area (Å²) in [4.78, 5) is 4.39. The fraction of sp³-hybridized carbons (Fsp3) is 0. The Labute approximate surface area is 179 Å². The first-order valence-electron chi connectivity index (χ1n) is 6.73. The molecule has 3 aromatic rings. The third-order valence-corrected chi connectivity index (χ3v) is 5.30. The second-order valence-corrected chi connectivity index (χ2v) is 7.95. The van der Waals surface area contributed by atoms with Crippen molar-refractivity contribution >= 4 is 81.2 Å². The van der Waals surface area contributed by atoms with Crippen molar-refractivity contribution in [2.45, 2.75) is 0 Å². The fourth-order valence-electron chi connectivity index (χ4n) is 2.34. The van der Waals surface area contributed by atoms with Crippen LogP contribution in [0.15, 0.2) is 36.5 Å². The molecule has 0 aliphatic rings. The number of hydrogen-bond acceptors (Lipinski definition) is 1. The molecule has 0 radical (unpaired) electrons. The Kier molecular flexibility index (Phi) is 5.97. The van der Waals surface area contributed by atoms with E-state index in [1.165, 1.54) is 0 Å². The molecular weight excluding hydrogens is 466 g/mol. The summed E-state index contributed by atoms with van der Waals surface area (Å²) >= 11 is 43.3. The largest absolute Gasteiger partial charge is 0.254 e. The normalized spacial score (nSPS) is 11.0. The lowest BCUT2D eigenvalue weighted by Crippen LogP contribution is -1.91. The monoisotopic (exact) mass is 469 g/mol. The van der Waals surface area contributed by atoms with Gasteiger partial charge in [0.05, 0.1) is 30.8 Å². The molecule has 0 atom stereocenters. The number of pyridine rings is 1. The molecule has 2 aromatic carbocycles. The van der Waals surface area contributed by atoms with Crippen LogP contribution in [0.3, 0.4) is 0 Å². The number of nitrogens with zero attached hydrogens (tertiary/aromatic N) is 1. The van der Waals surface area contributed by atoms with Crippen molar-refractivity contribution in [1.29, 1.82) is 0 Å². The van der Waals surface area contributed by atoms with Gasteiger partial charge >= 0.3 is 0 Å². The minimum Gasteiger partial charge on any atom is -0.254 e. The minimum absolute atomic E-state index is 0.339. The van der Waals surface area contributed by atoms with E-state index in [4.69, 9.17) is 81.2 Å². The van der Waals surface area contributed by atoms with E-state index in [1.807, 2.05) is 0 Å². The third kappa shape index (κ3) is 3.99. The summed E-state index contributed by atoms with van der Waals surface area (Å²) < 4.78 is 0. The summed E-state index contributed by atoms with van der Waals surface area (Å²) in [5.41, 5.74) is 2.15. The Bertz CT molecular complexity index is 939. The van der Waals surface area contributed by atoms with Crippen LogP contribution in [0.2, 0.25) is 35.2 Å². The molecule has 1 aromatic heterocycles. The average Bonchev–Trinajstić information content (AvgIpc) is 2.47. The third-order valence-electron chi connectivity index (χ3n) is 3.38. The highest BCUT2D eigenvalue weighted by atomic mass is 35.5. The molecular formula is C17H6Cl7N. The van der Waals surface area contributed by atoms with Crippen molar-refractivity contribution in [1.82, 2.24) is 4.98 Å². The first kappa shape index (κ1) is 19.4. The maximum absolute atomic E-state index is 6.41. The van der Waals surface area contributed by atoms with Gasteiger partial charge in [-0.1, -0.05) is 81.2 Å². The number of halogens is 7. The Hall–Kier alpha value is -0.380. The highest BCUT2D eigenvalue weighted by Crippen LogP contribution is 2.42. The van der Waals surface area contributed by atoms with Crippen molar-refractivity contribution in [3.8, 4) is 22.4 Å². The molecule has 0 spiro atoms. The molecule has 0 N–H and O–H groups in total. The zero-order valence-corrected chi connectivity index (χ0v) is 17.3. The van der Waals surface area contributed by atoms with Crippen LogP contribution in [0.25, 0.3) is 22.4 Å². The zero-order valence-electron chi connectivity index (χ0n) is 12.1. The molecule has 0 fully saturated rings. The lowest BCUT2D eigenvalue weighted by molar-refractivity contribution is 1.32. The van der Waals surface area contributed by atoms with Gasteiger partial charge in [-0.15, -0.1) is 0 Å². The van der Waals surface area contributed by atoms with E-state index >= 15 is 0 Å². The molecule has 3 rings (SSSR count). The minimum atomic E-state index is 0.339. The second kappa shape index (κ2) is 7.70. The van der Waals surface area contributed by atoms with Crippen LogP contribution in [-0.4, -0.2) is 4.98 Å². The van der Waals surface area contributed by atoms with Crippen LogP contribution in [0.4, 0.5) is 0 Å². The van der Waals surface area contributed by atoms with Crippen LogP contribution in [0.1, 0.15) is 0 Å². The molecule has 1 nitrogen and oxygen atoms in total. The Morgan fingerprint density at radius 3 is 1.40 bits per heavy atom. The highest BCUT2D eigenvalue weighted by Gasteiger charge is 2.17. The average molecular weight is 472 g/mol. The molecule has 0 saturated carbocycles. The highest BCUT2D eigenvalue weighted by molar-refractivity contribution is 6.44. The van der Waals surface area contributed by atoms with Gasteiger partial charge < -0.3 is 0 Å². The van der Waals surface area contributed by atoms with Gasteiger partial charge in [-0.3, -0.25) is 4.98 Å². The maximum Gasteiger partial charge on any atom is 0.0918 e. The van der Waals surface area contributed by atoms with Gasteiger partial charge in [0.15, 0.2) is 0 Å². The van der Waals surface area contributed by atoms with E-state index in [0.29, 0.717) is 57.5 Å². The first-order chi connectivity index (χ1) is 11.8. The van der Waals surface area contributed by atoms with Crippen LogP contribution < -0.4 is 0 Å². The molecule has 0 unspecified atom stereocenters. The Morgan fingerprint density at radius 2 is 0.960 bits per heavy atom. The summed E-state index contributed by atoms with van der Waals surface area (Å²) in [5, 5.41) is 2.69. The van der Waals surface area contributed by atoms with E-state index in [-0.39, 0.29) is 0 Å². The molecule has 0 aliphatic heterocycles. The van der Waals surface area contributed by atoms with Gasteiger partial charge in [0.2, 0.25) is 0 Å². The predicted molar refractivity (Wildman–Crippen MR) is 110 cm³/mol. The molecule has 25 heavy (non-hydrogen) atoms. The number of benzene rings is 2. The van der Waals surface area contributed by atoms with E-state index in [9.17, 15) is 0 Å².